The van der Waals surface area contributed by atoms with E-state index in [-0.39, 0.29) is 0 Å². The molecule has 116 valence electrons. The molecule has 0 unspecified atom stereocenters. The van der Waals surface area contributed by atoms with Crippen LogP contribution < -0.4 is 0 Å². The number of phosphoric ester groups is 1. The number of hydrogen-bond acceptors (Lipinski definition) is 3. The van der Waals surface area contributed by atoms with Crippen molar-refractivity contribution < 1.29 is 18.5 Å². The molecule has 1 N–H and O–H groups in total. The fraction of sp³-hybridized carbons (Fsp3) is 1.00. The van der Waals surface area contributed by atoms with Crippen LogP contribution in [0.1, 0.15) is 66.2 Å². The van der Waals surface area contributed by atoms with Gasteiger partial charge in [0.2, 0.25) is 0 Å². The van der Waals surface area contributed by atoms with Gasteiger partial charge in [-0.1, -0.05) is 53.4 Å². The fourth-order valence-corrected chi connectivity index (χ4v) is 2.50. The molecule has 5 heteroatoms. The van der Waals surface area contributed by atoms with E-state index in [0.717, 1.165) is 38.5 Å². The lowest BCUT2D eigenvalue weighted by Gasteiger charge is -2.12. The quantitative estimate of drug-likeness (QED) is 0.416. The summed E-state index contributed by atoms with van der Waals surface area (Å²) >= 11 is 0. The molecule has 0 heterocycles. The van der Waals surface area contributed by atoms with Crippen molar-refractivity contribution in [1.82, 2.24) is 0 Å². The average Bonchev–Trinajstić information content (AvgIpc) is 2.27. The molecule has 4 nitrogen and oxygen atoms in total. The largest absolute Gasteiger partial charge is 0.472 e. The molecule has 0 aromatic heterocycles. The first-order valence-electron chi connectivity index (χ1n) is 7.45. The van der Waals surface area contributed by atoms with E-state index in [9.17, 15) is 9.46 Å². The summed E-state index contributed by atoms with van der Waals surface area (Å²) in [6.45, 7) is 9.26. The molecule has 0 saturated carbocycles. The van der Waals surface area contributed by atoms with Gasteiger partial charge in [0.05, 0.1) is 13.2 Å². The van der Waals surface area contributed by atoms with Crippen molar-refractivity contribution in [3.63, 3.8) is 0 Å². The molecule has 0 spiro atoms. The summed E-state index contributed by atoms with van der Waals surface area (Å²) in [7, 11) is -3.82. The lowest BCUT2D eigenvalue weighted by Crippen LogP contribution is -2.00. The van der Waals surface area contributed by atoms with Gasteiger partial charge in [-0.05, 0) is 24.7 Å². The van der Waals surface area contributed by atoms with E-state index in [2.05, 4.69) is 27.7 Å². The monoisotopic (exact) mass is 294 g/mol. The molecule has 0 bridgehead atoms. The van der Waals surface area contributed by atoms with Crippen molar-refractivity contribution in [2.75, 3.05) is 13.2 Å². The van der Waals surface area contributed by atoms with Crippen LogP contribution in [0.3, 0.4) is 0 Å². The predicted octanol–water partition coefficient (Wildman–Crippen LogP) is 4.77. The zero-order valence-electron chi connectivity index (χ0n) is 12.9. The molecule has 0 fully saturated rings. The second-order valence-corrected chi connectivity index (χ2v) is 7.37. The molecule has 0 aromatic rings. The first kappa shape index (κ1) is 19.1. The van der Waals surface area contributed by atoms with Crippen LogP contribution in [-0.4, -0.2) is 18.1 Å². The van der Waals surface area contributed by atoms with Gasteiger partial charge >= 0.3 is 7.82 Å². The predicted molar refractivity (Wildman–Crippen MR) is 79.1 cm³/mol. The minimum Gasteiger partial charge on any atom is -0.302 e. The average molecular weight is 294 g/mol. The molecule has 0 atom stereocenters. The highest BCUT2D eigenvalue weighted by molar-refractivity contribution is 7.47. The molecule has 0 aliphatic rings. The van der Waals surface area contributed by atoms with Crippen LogP contribution >= 0.6 is 7.82 Å². The van der Waals surface area contributed by atoms with Crippen molar-refractivity contribution in [3.8, 4) is 0 Å². The Hall–Kier alpha value is 0.110. The second-order valence-electron chi connectivity index (χ2n) is 5.91. The van der Waals surface area contributed by atoms with E-state index in [1.165, 1.54) is 0 Å². The lowest BCUT2D eigenvalue weighted by molar-refractivity contribution is 0.144. The van der Waals surface area contributed by atoms with Crippen molar-refractivity contribution in [2.24, 2.45) is 11.8 Å². The molecular weight excluding hydrogens is 263 g/mol. The van der Waals surface area contributed by atoms with Crippen LogP contribution in [0.5, 0.6) is 0 Å². The van der Waals surface area contributed by atoms with E-state index in [4.69, 9.17) is 9.05 Å². The van der Waals surface area contributed by atoms with Gasteiger partial charge in [0.15, 0.2) is 0 Å². The van der Waals surface area contributed by atoms with Crippen LogP contribution in [0.4, 0.5) is 0 Å². The molecule has 0 radical (unpaired) electrons. The van der Waals surface area contributed by atoms with Crippen LogP contribution in [-0.2, 0) is 13.6 Å². The SMILES string of the molecule is CC(C)CCCCOP(=O)(O)OCCCCC(C)C. The van der Waals surface area contributed by atoms with E-state index in [1.54, 1.807) is 0 Å². The molecule has 0 aromatic carbocycles. The van der Waals surface area contributed by atoms with Gasteiger partial charge in [0, 0.05) is 0 Å². The standard InChI is InChI=1S/C14H31O4P/c1-13(2)9-5-7-11-17-19(15,16)18-12-8-6-10-14(3)4/h13-14H,5-12H2,1-4H3,(H,15,16). The Morgan fingerprint density at radius 2 is 1.21 bits per heavy atom. The highest BCUT2D eigenvalue weighted by atomic mass is 31.2. The third-order valence-electron chi connectivity index (χ3n) is 2.86. The first-order valence-corrected chi connectivity index (χ1v) is 8.95. The van der Waals surface area contributed by atoms with Gasteiger partial charge in [-0.25, -0.2) is 4.57 Å². The van der Waals surface area contributed by atoms with Crippen LogP contribution in [0, 0.1) is 11.8 Å². The Bertz CT molecular complexity index is 232. The fourth-order valence-electron chi connectivity index (χ4n) is 1.71. The van der Waals surface area contributed by atoms with E-state index < -0.39 is 7.82 Å². The Balaban J connectivity index is 3.50. The Labute approximate surface area is 118 Å². The van der Waals surface area contributed by atoms with Crippen LogP contribution in [0.25, 0.3) is 0 Å². The molecule has 0 rings (SSSR count). The second kappa shape index (κ2) is 10.8. The summed E-state index contributed by atoms with van der Waals surface area (Å²) in [5.74, 6) is 1.33. The van der Waals surface area contributed by atoms with Gasteiger partial charge in [-0.2, -0.15) is 0 Å². The minimum absolute atomic E-state index is 0.298. The van der Waals surface area contributed by atoms with Crippen molar-refractivity contribution in [2.45, 2.75) is 66.2 Å². The zero-order chi connectivity index (χ0) is 14.7. The number of hydrogen-bond donors (Lipinski definition) is 1. The van der Waals surface area contributed by atoms with Crippen molar-refractivity contribution in [3.05, 3.63) is 0 Å². The van der Waals surface area contributed by atoms with E-state index in [1.807, 2.05) is 0 Å². The number of unbranched alkanes of at least 4 members (excludes halogenated alkanes) is 2. The normalized spacial score (nSPS) is 12.6. The smallest absolute Gasteiger partial charge is 0.302 e. The third-order valence-corrected chi connectivity index (χ3v) is 3.88. The summed E-state index contributed by atoms with van der Waals surface area (Å²) in [6.07, 6.45) is 5.89. The molecule has 0 amide bonds. The van der Waals surface area contributed by atoms with Gasteiger partial charge in [0.25, 0.3) is 0 Å². The Kier molecular flexibility index (Phi) is 10.9. The lowest BCUT2D eigenvalue weighted by atomic mass is 10.1. The summed E-state index contributed by atoms with van der Waals surface area (Å²) < 4.78 is 21.4. The van der Waals surface area contributed by atoms with Gasteiger partial charge in [-0.3, -0.25) is 9.05 Å². The van der Waals surface area contributed by atoms with Gasteiger partial charge in [-0.15, -0.1) is 0 Å². The highest BCUT2D eigenvalue weighted by Gasteiger charge is 2.19. The van der Waals surface area contributed by atoms with E-state index in [0.29, 0.717) is 25.0 Å². The van der Waals surface area contributed by atoms with Gasteiger partial charge in [0.1, 0.15) is 0 Å². The molecule has 19 heavy (non-hydrogen) atoms. The number of rotatable bonds is 12. The van der Waals surface area contributed by atoms with E-state index >= 15 is 0 Å². The third kappa shape index (κ3) is 14.3. The summed E-state index contributed by atoms with van der Waals surface area (Å²) in [5.41, 5.74) is 0. The van der Waals surface area contributed by atoms with Gasteiger partial charge < -0.3 is 4.89 Å². The Morgan fingerprint density at radius 3 is 1.53 bits per heavy atom. The zero-order valence-corrected chi connectivity index (χ0v) is 13.8. The number of phosphoric acid groups is 1. The maximum absolute atomic E-state index is 11.5. The topological polar surface area (TPSA) is 55.8 Å². The van der Waals surface area contributed by atoms with Crippen molar-refractivity contribution in [1.29, 1.82) is 0 Å². The highest BCUT2D eigenvalue weighted by Crippen LogP contribution is 2.43. The van der Waals surface area contributed by atoms with Crippen molar-refractivity contribution >= 4 is 7.82 Å². The molecule has 0 saturated heterocycles. The first-order chi connectivity index (χ1) is 8.83. The minimum atomic E-state index is -3.82. The Morgan fingerprint density at radius 1 is 0.842 bits per heavy atom. The summed E-state index contributed by atoms with van der Waals surface area (Å²) in [6, 6.07) is 0. The molecular formula is C14H31O4P. The summed E-state index contributed by atoms with van der Waals surface area (Å²) in [4.78, 5) is 9.44. The summed E-state index contributed by atoms with van der Waals surface area (Å²) in [5, 5.41) is 0. The maximum atomic E-state index is 11.5. The maximum Gasteiger partial charge on any atom is 0.472 e. The molecule has 0 aliphatic carbocycles. The molecule has 0 aliphatic heterocycles. The van der Waals surface area contributed by atoms with Crippen LogP contribution in [0.2, 0.25) is 0 Å². The van der Waals surface area contributed by atoms with Crippen LogP contribution in [0.15, 0.2) is 0 Å².